The predicted octanol–water partition coefficient (Wildman–Crippen LogP) is 4.32. The third kappa shape index (κ3) is 4.96. The Labute approximate surface area is 179 Å². The normalized spacial score (nSPS) is 21.5. The van der Waals surface area contributed by atoms with E-state index < -0.39 is 10.0 Å². The first-order chi connectivity index (χ1) is 14.3. The lowest BCUT2D eigenvalue weighted by Crippen LogP contribution is -2.45. The molecule has 0 fully saturated rings. The molecule has 1 amide bonds. The molecule has 160 valence electrons. The number of hydrogen-bond donors (Lipinski definition) is 1. The van der Waals surface area contributed by atoms with Gasteiger partial charge in [0.05, 0.1) is 12.7 Å². The highest BCUT2D eigenvalue weighted by Crippen LogP contribution is 2.40. The highest BCUT2D eigenvalue weighted by Gasteiger charge is 2.47. The number of anilines is 1. The molecule has 0 radical (unpaired) electrons. The Morgan fingerprint density at radius 2 is 1.73 bits per heavy atom. The Morgan fingerprint density at radius 1 is 1.10 bits per heavy atom. The number of carbonyl (C=O) groups is 1. The minimum atomic E-state index is -3.33. The lowest BCUT2D eigenvalue weighted by molar-refractivity contribution is -0.880. The van der Waals surface area contributed by atoms with Crippen LogP contribution in [0.15, 0.2) is 59.7 Å². The molecule has 1 N–H and O–H groups in total. The maximum atomic E-state index is 12.5. The van der Waals surface area contributed by atoms with Crippen LogP contribution >= 0.6 is 0 Å². The molecule has 1 heterocycles. The zero-order valence-corrected chi connectivity index (χ0v) is 18.6. The van der Waals surface area contributed by atoms with Crippen LogP contribution in [0.2, 0.25) is 0 Å². The summed E-state index contributed by atoms with van der Waals surface area (Å²) >= 11 is 0. The van der Waals surface area contributed by atoms with Crippen molar-refractivity contribution in [3.63, 3.8) is 0 Å². The quantitative estimate of drug-likeness (QED) is 0.477. The summed E-state index contributed by atoms with van der Waals surface area (Å²) in [6.45, 7) is 4.98. The van der Waals surface area contributed by atoms with Gasteiger partial charge < -0.3 is 0 Å². The van der Waals surface area contributed by atoms with Gasteiger partial charge in [-0.25, -0.2) is 13.2 Å². The molecule has 7 heteroatoms. The van der Waals surface area contributed by atoms with E-state index in [1.807, 2.05) is 30.3 Å². The van der Waals surface area contributed by atoms with Gasteiger partial charge in [0.25, 0.3) is 0 Å². The summed E-state index contributed by atoms with van der Waals surface area (Å²) in [5.41, 5.74) is 3.38. The second kappa shape index (κ2) is 9.10. The lowest BCUT2D eigenvalue weighted by atomic mass is 9.95. The van der Waals surface area contributed by atoms with Crippen molar-refractivity contribution < 1.29 is 17.8 Å². The molecular formula is C23H30N3O3S+. The van der Waals surface area contributed by atoms with Gasteiger partial charge in [0.1, 0.15) is 12.3 Å². The van der Waals surface area contributed by atoms with Crippen LogP contribution in [-0.4, -0.2) is 37.9 Å². The van der Waals surface area contributed by atoms with E-state index in [0.717, 1.165) is 42.3 Å². The van der Waals surface area contributed by atoms with Gasteiger partial charge in [-0.3, -0.25) is 4.72 Å². The molecule has 2 aromatic carbocycles. The van der Waals surface area contributed by atoms with Crippen molar-refractivity contribution in [3.05, 3.63) is 65.7 Å². The van der Waals surface area contributed by atoms with Crippen molar-refractivity contribution in [3.8, 4) is 0 Å². The summed E-state index contributed by atoms with van der Waals surface area (Å²) in [6.07, 6.45) is 4.77. The molecule has 0 aliphatic carbocycles. The van der Waals surface area contributed by atoms with Crippen LogP contribution in [0.1, 0.15) is 50.3 Å². The molecule has 30 heavy (non-hydrogen) atoms. The number of hydrogen-bond acceptors (Lipinski definition) is 4. The third-order valence-electron chi connectivity index (χ3n) is 5.83. The van der Waals surface area contributed by atoms with Crippen LogP contribution in [-0.2, 0) is 14.8 Å². The molecule has 1 aliphatic heterocycles. The summed E-state index contributed by atoms with van der Waals surface area (Å²) in [4.78, 5) is 12.5. The SMILES string of the molecule is CCC(CC)C[N+]1(C=O)N=C(c2ccc(NS(C)(=O)=O)cc2)CC1c1ccccc1. The average molecular weight is 429 g/mol. The monoisotopic (exact) mass is 428 g/mol. The molecule has 0 saturated heterocycles. The minimum absolute atomic E-state index is 0.0506. The van der Waals surface area contributed by atoms with Gasteiger partial charge in [0, 0.05) is 22.7 Å². The minimum Gasteiger partial charge on any atom is -0.284 e. The van der Waals surface area contributed by atoms with E-state index in [-0.39, 0.29) is 10.6 Å². The number of rotatable bonds is 9. The maximum Gasteiger partial charge on any atom is 0.328 e. The fourth-order valence-corrected chi connectivity index (χ4v) is 4.68. The predicted molar refractivity (Wildman–Crippen MR) is 121 cm³/mol. The second-order valence-corrected chi connectivity index (χ2v) is 9.73. The number of benzene rings is 2. The molecule has 2 unspecified atom stereocenters. The first-order valence-corrected chi connectivity index (χ1v) is 12.3. The Hall–Kier alpha value is -2.51. The van der Waals surface area contributed by atoms with Crippen LogP contribution < -0.4 is 4.72 Å². The number of amides is 1. The topological polar surface area (TPSA) is 75.6 Å². The summed E-state index contributed by atoms with van der Waals surface area (Å²) in [5.74, 6) is 0.408. The Kier molecular flexibility index (Phi) is 6.73. The van der Waals surface area contributed by atoms with Gasteiger partial charge in [-0.05, 0) is 25.0 Å². The summed E-state index contributed by atoms with van der Waals surface area (Å²) in [5, 5.41) is 4.95. The van der Waals surface area contributed by atoms with E-state index in [9.17, 15) is 13.2 Å². The number of carbonyl (C=O) groups excluding carboxylic acids is 1. The highest BCUT2D eigenvalue weighted by atomic mass is 32.2. The second-order valence-electron chi connectivity index (χ2n) is 7.99. The van der Waals surface area contributed by atoms with Crippen molar-refractivity contribution in [1.29, 1.82) is 0 Å². The summed E-state index contributed by atoms with van der Waals surface area (Å²) in [7, 11) is -3.33. The van der Waals surface area contributed by atoms with Crippen molar-refractivity contribution in [2.24, 2.45) is 11.0 Å². The molecule has 2 atom stereocenters. The standard InChI is InChI=1S/C23H30N3O3S/c1-4-18(5-2)16-26(17-27)23(20-9-7-6-8-10-20)15-22(24-26)19-11-13-21(14-12-19)25-30(3,28)29/h6-14,17-18,23,25H,4-5,15-16H2,1-3H3/q+1. The number of nitrogens with one attached hydrogen (secondary N) is 1. The highest BCUT2D eigenvalue weighted by molar-refractivity contribution is 7.92. The van der Waals surface area contributed by atoms with Crippen LogP contribution in [0.3, 0.4) is 0 Å². The van der Waals surface area contributed by atoms with Crippen LogP contribution in [0.5, 0.6) is 0 Å². The van der Waals surface area contributed by atoms with E-state index in [4.69, 9.17) is 5.10 Å². The Morgan fingerprint density at radius 3 is 2.27 bits per heavy atom. The summed E-state index contributed by atoms with van der Waals surface area (Å²) in [6, 6.07) is 17.2. The summed E-state index contributed by atoms with van der Waals surface area (Å²) < 4.78 is 25.4. The zero-order valence-electron chi connectivity index (χ0n) is 17.8. The number of quaternary nitrogens is 1. The number of sulfonamides is 1. The molecule has 1 aliphatic rings. The van der Waals surface area contributed by atoms with Gasteiger partial charge in [0.2, 0.25) is 10.0 Å². The first-order valence-electron chi connectivity index (χ1n) is 10.4. The van der Waals surface area contributed by atoms with E-state index in [0.29, 0.717) is 24.6 Å². The van der Waals surface area contributed by atoms with Crippen molar-refractivity contribution in [2.75, 3.05) is 17.5 Å². The lowest BCUT2D eigenvalue weighted by Gasteiger charge is -2.31. The number of nitrogens with zero attached hydrogens (tertiary/aromatic N) is 2. The first kappa shape index (κ1) is 22.2. The molecule has 6 nitrogen and oxygen atoms in total. The maximum absolute atomic E-state index is 12.5. The molecule has 3 rings (SSSR count). The molecule has 0 aromatic heterocycles. The van der Waals surface area contributed by atoms with Crippen LogP contribution in [0.25, 0.3) is 0 Å². The van der Waals surface area contributed by atoms with Crippen molar-refractivity contribution >= 4 is 27.8 Å². The third-order valence-corrected chi connectivity index (χ3v) is 6.43. The smallest absolute Gasteiger partial charge is 0.284 e. The van der Waals surface area contributed by atoms with Crippen LogP contribution in [0, 0.1) is 5.92 Å². The van der Waals surface area contributed by atoms with Gasteiger partial charge >= 0.3 is 6.41 Å². The van der Waals surface area contributed by atoms with Gasteiger partial charge in [-0.1, -0.05) is 61.4 Å². The fraction of sp³-hybridized carbons (Fsp3) is 0.391. The van der Waals surface area contributed by atoms with E-state index in [1.54, 1.807) is 12.1 Å². The molecule has 0 spiro atoms. The molecule has 0 bridgehead atoms. The van der Waals surface area contributed by atoms with E-state index >= 15 is 0 Å². The van der Waals surface area contributed by atoms with E-state index in [1.165, 1.54) is 0 Å². The molecule has 2 aromatic rings. The van der Waals surface area contributed by atoms with Gasteiger partial charge in [-0.2, -0.15) is 0 Å². The fourth-order valence-electron chi connectivity index (χ4n) is 4.12. The molecule has 0 saturated carbocycles. The van der Waals surface area contributed by atoms with Gasteiger partial charge in [-0.15, -0.1) is 4.59 Å². The average Bonchev–Trinajstić information content (AvgIpc) is 3.12. The van der Waals surface area contributed by atoms with Crippen molar-refractivity contribution in [2.45, 2.75) is 39.2 Å². The Bertz CT molecular complexity index is 1000. The Balaban J connectivity index is 1.98. The van der Waals surface area contributed by atoms with E-state index in [2.05, 4.69) is 30.7 Å². The molecular weight excluding hydrogens is 398 g/mol. The zero-order chi connectivity index (χ0) is 21.8. The van der Waals surface area contributed by atoms with Crippen LogP contribution in [0.4, 0.5) is 5.69 Å². The van der Waals surface area contributed by atoms with Gasteiger partial charge in [0.15, 0.2) is 6.04 Å². The van der Waals surface area contributed by atoms with Crippen molar-refractivity contribution in [1.82, 2.24) is 0 Å². The largest absolute Gasteiger partial charge is 0.328 e.